The Morgan fingerprint density at radius 1 is 1.16 bits per heavy atom. The quantitative estimate of drug-likeness (QED) is 0.295. The number of benzene rings is 1. The highest BCUT2D eigenvalue weighted by atomic mass is 32.2. The van der Waals surface area contributed by atoms with E-state index in [1.54, 1.807) is 24.1 Å². The smallest absolute Gasteiger partial charge is 0.275 e. The molecule has 3 aromatic heterocycles. The number of carbonyl (C=O) groups is 1. The molecule has 1 saturated heterocycles. The van der Waals surface area contributed by atoms with Crippen molar-refractivity contribution in [2.24, 2.45) is 0 Å². The predicted molar refractivity (Wildman–Crippen MR) is 163 cm³/mol. The lowest BCUT2D eigenvalue weighted by Gasteiger charge is -2.33. The fourth-order valence-electron chi connectivity index (χ4n) is 5.98. The standard InChI is InChI=1S/C32H32F2N4O5S/c1-6-24(40)37-14-11-19(12-15-37)25-20-16-22(34)28(26-21(33)8-7-9-23(26)39)36-31(20)38(32(41)30(25)44(5,42)43)29-18(4)10-13-35-27(29)17(2)3/h6-10,13,16-17,19,39H,1,11-12,14-15H2,2-5H3. The van der Waals surface area contributed by atoms with Crippen LogP contribution in [0.5, 0.6) is 5.75 Å². The molecule has 0 unspecified atom stereocenters. The Morgan fingerprint density at radius 2 is 1.84 bits per heavy atom. The molecule has 4 heterocycles. The lowest BCUT2D eigenvalue weighted by Crippen LogP contribution is -2.38. The number of pyridine rings is 3. The van der Waals surface area contributed by atoms with Gasteiger partial charge in [0.25, 0.3) is 5.56 Å². The molecule has 0 spiro atoms. The number of aromatic hydroxyl groups is 1. The van der Waals surface area contributed by atoms with Gasteiger partial charge in [-0.3, -0.25) is 19.1 Å². The number of likely N-dealkylation sites (tertiary alicyclic amines) is 1. The predicted octanol–water partition coefficient (Wildman–Crippen LogP) is 5.16. The minimum Gasteiger partial charge on any atom is -0.507 e. The average molecular weight is 623 g/mol. The SMILES string of the molecule is C=CC(=O)N1CCC(c2c(S(C)(=O)=O)c(=O)n(-c3c(C)ccnc3C(C)C)c3nc(-c4c(O)cccc4F)c(F)cc23)CC1. The Bertz CT molecular complexity index is 1980. The summed E-state index contributed by atoms with van der Waals surface area (Å²) in [6.07, 6.45) is 4.28. The van der Waals surface area contributed by atoms with Crippen molar-refractivity contribution in [1.29, 1.82) is 0 Å². The van der Waals surface area contributed by atoms with Crippen LogP contribution in [0, 0.1) is 18.6 Å². The third-order valence-corrected chi connectivity index (χ3v) is 9.15. The van der Waals surface area contributed by atoms with Crippen LogP contribution >= 0.6 is 0 Å². The third kappa shape index (κ3) is 5.27. The maximum Gasteiger partial charge on any atom is 0.275 e. The summed E-state index contributed by atoms with van der Waals surface area (Å²) in [5.74, 6) is -3.55. The van der Waals surface area contributed by atoms with Gasteiger partial charge >= 0.3 is 0 Å². The van der Waals surface area contributed by atoms with Crippen LogP contribution in [0.4, 0.5) is 8.78 Å². The van der Waals surface area contributed by atoms with Gasteiger partial charge in [-0.1, -0.05) is 26.5 Å². The van der Waals surface area contributed by atoms with Gasteiger partial charge in [0, 0.05) is 30.9 Å². The van der Waals surface area contributed by atoms with Crippen LogP contribution in [0.15, 0.2) is 58.9 Å². The van der Waals surface area contributed by atoms with Gasteiger partial charge in [0.05, 0.1) is 16.9 Å². The molecule has 1 N–H and O–H groups in total. The highest BCUT2D eigenvalue weighted by molar-refractivity contribution is 7.90. The van der Waals surface area contributed by atoms with Gasteiger partial charge in [0.1, 0.15) is 27.8 Å². The van der Waals surface area contributed by atoms with Crippen LogP contribution < -0.4 is 5.56 Å². The van der Waals surface area contributed by atoms with E-state index in [1.807, 2.05) is 13.8 Å². The Hall–Kier alpha value is -4.45. The minimum absolute atomic E-state index is 0.0496. The molecule has 5 rings (SSSR count). The van der Waals surface area contributed by atoms with E-state index >= 15 is 8.78 Å². The Kier molecular flexibility index (Phi) is 8.15. The maximum absolute atomic E-state index is 16.0. The summed E-state index contributed by atoms with van der Waals surface area (Å²) in [6, 6.07) is 6.21. The monoisotopic (exact) mass is 622 g/mol. The minimum atomic E-state index is -4.21. The van der Waals surface area contributed by atoms with E-state index in [2.05, 4.69) is 16.5 Å². The molecule has 1 amide bonds. The maximum atomic E-state index is 16.0. The van der Waals surface area contributed by atoms with E-state index in [1.165, 1.54) is 18.2 Å². The number of nitrogens with zero attached hydrogens (tertiary/aromatic N) is 4. The van der Waals surface area contributed by atoms with Crippen LogP contribution in [0.1, 0.15) is 55.3 Å². The number of aromatic nitrogens is 3. The van der Waals surface area contributed by atoms with Gasteiger partial charge in [-0.15, -0.1) is 0 Å². The molecule has 1 aliphatic rings. The number of halogens is 2. The second-order valence-corrected chi connectivity index (χ2v) is 13.3. The zero-order valence-electron chi connectivity index (χ0n) is 24.8. The first kappa shape index (κ1) is 31.0. The number of piperidine rings is 1. The van der Waals surface area contributed by atoms with Gasteiger partial charge in [-0.2, -0.15) is 0 Å². The summed E-state index contributed by atoms with van der Waals surface area (Å²) >= 11 is 0. The first-order valence-corrected chi connectivity index (χ1v) is 16.0. The molecule has 9 nitrogen and oxygen atoms in total. The number of rotatable bonds is 6. The lowest BCUT2D eigenvalue weighted by atomic mass is 9.87. The molecule has 44 heavy (non-hydrogen) atoms. The third-order valence-electron chi connectivity index (χ3n) is 8.01. The van der Waals surface area contributed by atoms with E-state index in [-0.39, 0.29) is 47.2 Å². The molecule has 0 atom stereocenters. The van der Waals surface area contributed by atoms with Gasteiger partial charge < -0.3 is 10.0 Å². The molecular formula is C32H32F2N4O5S. The van der Waals surface area contributed by atoms with Gasteiger partial charge in [0.15, 0.2) is 15.7 Å². The summed E-state index contributed by atoms with van der Waals surface area (Å²) in [7, 11) is -4.21. The fourth-order valence-corrected chi connectivity index (χ4v) is 7.06. The number of hydrogen-bond donors (Lipinski definition) is 1. The molecule has 0 saturated carbocycles. The average Bonchev–Trinajstić information content (AvgIpc) is 2.96. The Morgan fingerprint density at radius 3 is 2.43 bits per heavy atom. The fraction of sp³-hybridized carbons (Fsp3) is 0.312. The largest absolute Gasteiger partial charge is 0.507 e. The summed E-state index contributed by atoms with van der Waals surface area (Å²) in [5, 5.41) is 10.5. The normalized spacial score (nSPS) is 14.4. The number of carbonyl (C=O) groups excluding carboxylic acids is 1. The van der Waals surface area contributed by atoms with E-state index in [0.717, 1.165) is 23.0 Å². The van der Waals surface area contributed by atoms with Crippen LogP contribution in [0.2, 0.25) is 0 Å². The zero-order chi connectivity index (χ0) is 32.1. The van der Waals surface area contributed by atoms with Crippen molar-refractivity contribution in [3.63, 3.8) is 0 Å². The van der Waals surface area contributed by atoms with Crippen molar-refractivity contribution in [1.82, 2.24) is 19.4 Å². The molecule has 230 valence electrons. The second kappa shape index (κ2) is 11.6. The Labute approximate surface area is 253 Å². The topological polar surface area (TPSA) is 122 Å². The summed E-state index contributed by atoms with van der Waals surface area (Å²) < 4.78 is 59.0. The molecule has 0 radical (unpaired) electrons. The highest BCUT2D eigenvalue weighted by Crippen LogP contribution is 2.40. The molecule has 0 bridgehead atoms. The van der Waals surface area contributed by atoms with Gasteiger partial charge in [0.2, 0.25) is 5.91 Å². The number of fused-ring (bicyclic) bond motifs is 1. The number of sulfone groups is 1. The van der Waals surface area contributed by atoms with Crippen molar-refractivity contribution >= 4 is 26.8 Å². The number of aryl methyl sites for hydroxylation is 1. The summed E-state index contributed by atoms with van der Waals surface area (Å²) in [5.41, 5.74) is -0.628. The molecule has 0 aliphatic carbocycles. The molecule has 1 aliphatic heterocycles. The zero-order valence-corrected chi connectivity index (χ0v) is 25.6. The Balaban J connectivity index is 1.96. The van der Waals surface area contributed by atoms with Gasteiger partial charge in [-0.05, 0) is 73.1 Å². The van der Waals surface area contributed by atoms with Crippen molar-refractivity contribution in [2.45, 2.75) is 50.3 Å². The van der Waals surface area contributed by atoms with E-state index < -0.39 is 54.9 Å². The number of phenolic OH excluding ortho intramolecular Hbond substituents is 1. The van der Waals surface area contributed by atoms with Crippen LogP contribution in [-0.4, -0.2) is 58.2 Å². The van der Waals surface area contributed by atoms with E-state index in [0.29, 0.717) is 24.1 Å². The summed E-state index contributed by atoms with van der Waals surface area (Å²) in [6.45, 7) is 9.50. The first-order valence-electron chi connectivity index (χ1n) is 14.1. The van der Waals surface area contributed by atoms with E-state index in [9.17, 15) is 23.1 Å². The van der Waals surface area contributed by atoms with Crippen molar-refractivity contribution in [2.75, 3.05) is 19.3 Å². The number of hydrogen-bond acceptors (Lipinski definition) is 7. The van der Waals surface area contributed by atoms with Crippen molar-refractivity contribution in [3.8, 4) is 22.7 Å². The van der Waals surface area contributed by atoms with Crippen LogP contribution in [0.3, 0.4) is 0 Å². The van der Waals surface area contributed by atoms with Crippen LogP contribution in [0.25, 0.3) is 28.0 Å². The van der Waals surface area contributed by atoms with Crippen molar-refractivity contribution < 1.29 is 27.1 Å². The van der Waals surface area contributed by atoms with Gasteiger partial charge in [-0.25, -0.2) is 22.2 Å². The first-order chi connectivity index (χ1) is 20.8. The highest BCUT2D eigenvalue weighted by Gasteiger charge is 2.34. The number of phenols is 1. The molecule has 4 aromatic rings. The van der Waals surface area contributed by atoms with E-state index in [4.69, 9.17) is 0 Å². The molecule has 12 heteroatoms. The second-order valence-electron chi connectivity index (χ2n) is 11.3. The summed E-state index contributed by atoms with van der Waals surface area (Å²) in [4.78, 5) is 36.8. The van der Waals surface area contributed by atoms with Crippen molar-refractivity contribution in [3.05, 3.63) is 88.0 Å². The number of amides is 1. The lowest BCUT2D eigenvalue weighted by molar-refractivity contribution is -0.127. The molecular weight excluding hydrogens is 590 g/mol. The molecule has 1 aromatic carbocycles. The molecule has 1 fully saturated rings. The van der Waals surface area contributed by atoms with Crippen LogP contribution in [-0.2, 0) is 14.6 Å².